The summed E-state index contributed by atoms with van der Waals surface area (Å²) in [5, 5.41) is 5.48. The highest BCUT2D eigenvalue weighted by atomic mass is 16.6. The van der Waals surface area contributed by atoms with Crippen LogP contribution in [-0.2, 0) is 15.9 Å². The Morgan fingerprint density at radius 1 is 0.760 bits per heavy atom. The van der Waals surface area contributed by atoms with Crippen molar-refractivity contribution >= 4 is 23.6 Å². The molecular weight excluding hydrogens is 320 g/mol. The van der Waals surface area contributed by atoms with Crippen molar-refractivity contribution in [3.8, 4) is 0 Å². The zero-order valence-corrected chi connectivity index (χ0v) is 14.4. The van der Waals surface area contributed by atoms with Gasteiger partial charge in [-0.15, -0.1) is 0 Å². The molecule has 2 N–H and O–H groups in total. The second kappa shape index (κ2) is 9.32. The van der Waals surface area contributed by atoms with Crippen LogP contribution in [0.15, 0.2) is 48.5 Å². The Labute approximate surface area is 147 Å². The van der Waals surface area contributed by atoms with Gasteiger partial charge in [0.1, 0.15) is 0 Å². The first-order valence-corrected chi connectivity index (χ1v) is 8.17. The second-order valence-electron chi connectivity index (χ2n) is 5.18. The number of rotatable bonds is 6. The summed E-state index contributed by atoms with van der Waals surface area (Å²) in [5.41, 5.74) is 3.17. The predicted octanol–water partition coefficient (Wildman–Crippen LogP) is 4.41. The molecule has 2 aromatic carbocycles. The van der Waals surface area contributed by atoms with E-state index in [9.17, 15) is 9.59 Å². The van der Waals surface area contributed by atoms with Crippen molar-refractivity contribution in [3.05, 3.63) is 59.7 Å². The molecule has 0 aliphatic heterocycles. The highest BCUT2D eigenvalue weighted by molar-refractivity contribution is 5.87. The van der Waals surface area contributed by atoms with Crippen molar-refractivity contribution in [2.75, 3.05) is 23.8 Å². The summed E-state index contributed by atoms with van der Waals surface area (Å²) in [5.74, 6) is 0. The van der Waals surface area contributed by atoms with Crippen LogP contribution in [0.2, 0.25) is 0 Å². The summed E-state index contributed by atoms with van der Waals surface area (Å²) >= 11 is 0. The maximum atomic E-state index is 11.7. The molecule has 0 heterocycles. The first-order valence-electron chi connectivity index (χ1n) is 8.17. The number of nitrogens with one attached hydrogen (secondary N) is 2. The summed E-state index contributed by atoms with van der Waals surface area (Å²) in [4.78, 5) is 23.4. The SMILES string of the molecule is CCOC(=O)Nc1ccccc1Cc1ccccc1NC(=O)OCC. The molecule has 0 unspecified atom stereocenters. The Bertz CT molecular complexity index is 669. The molecule has 25 heavy (non-hydrogen) atoms. The van der Waals surface area contributed by atoms with Gasteiger partial charge in [0.15, 0.2) is 0 Å². The minimum absolute atomic E-state index is 0.306. The number of para-hydroxylation sites is 2. The molecule has 2 aromatic rings. The Kier molecular flexibility index (Phi) is 6.83. The Hall–Kier alpha value is -3.02. The number of carbonyl (C=O) groups excluding carboxylic acids is 2. The molecule has 0 fully saturated rings. The van der Waals surface area contributed by atoms with Crippen LogP contribution in [0.4, 0.5) is 21.0 Å². The molecule has 0 aliphatic carbocycles. The predicted molar refractivity (Wildman–Crippen MR) is 97.0 cm³/mol. The molecule has 0 aliphatic rings. The van der Waals surface area contributed by atoms with Gasteiger partial charge in [-0.05, 0) is 37.1 Å². The number of hydrogen-bond acceptors (Lipinski definition) is 4. The van der Waals surface area contributed by atoms with Crippen LogP contribution in [0.1, 0.15) is 25.0 Å². The zero-order chi connectivity index (χ0) is 18.1. The van der Waals surface area contributed by atoms with Crippen molar-refractivity contribution in [2.24, 2.45) is 0 Å². The monoisotopic (exact) mass is 342 g/mol. The number of benzene rings is 2. The lowest BCUT2D eigenvalue weighted by molar-refractivity contribution is 0.167. The molecule has 6 nitrogen and oxygen atoms in total. The number of hydrogen-bond donors (Lipinski definition) is 2. The number of amides is 2. The van der Waals surface area contributed by atoms with Crippen LogP contribution in [0.3, 0.4) is 0 Å². The quantitative estimate of drug-likeness (QED) is 0.815. The summed E-state index contributed by atoms with van der Waals surface area (Å²) in [7, 11) is 0. The molecular formula is C19H22N2O4. The topological polar surface area (TPSA) is 76.7 Å². The first-order chi connectivity index (χ1) is 12.1. The van der Waals surface area contributed by atoms with Crippen LogP contribution < -0.4 is 10.6 Å². The second-order valence-corrected chi connectivity index (χ2v) is 5.18. The molecule has 2 rings (SSSR count). The van der Waals surface area contributed by atoms with Gasteiger partial charge in [-0.1, -0.05) is 36.4 Å². The van der Waals surface area contributed by atoms with Crippen molar-refractivity contribution in [2.45, 2.75) is 20.3 Å². The lowest BCUT2D eigenvalue weighted by Crippen LogP contribution is -2.16. The molecule has 0 spiro atoms. The average molecular weight is 342 g/mol. The fourth-order valence-corrected chi connectivity index (χ4v) is 2.35. The van der Waals surface area contributed by atoms with Gasteiger partial charge in [-0.2, -0.15) is 0 Å². The van der Waals surface area contributed by atoms with Gasteiger partial charge in [-0.25, -0.2) is 9.59 Å². The largest absolute Gasteiger partial charge is 0.450 e. The number of anilines is 2. The van der Waals surface area contributed by atoms with E-state index in [1.54, 1.807) is 13.8 Å². The van der Waals surface area contributed by atoms with E-state index in [2.05, 4.69) is 10.6 Å². The zero-order valence-electron chi connectivity index (χ0n) is 14.4. The molecule has 0 atom stereocenters. The number of ether oxygens (including phenoxy) is 2. The lowest BCUT2D eigenvalue weighted by Gasteiger charge is -2.14. The molecule has 0 saturated heterocycles. The third kappa shape index (κ3) is 5.53. The standard InChI is InChI=1S/C19H22N2O4/c1-3-24-18(22)20-16-11-7-5-9-14(16)13-15-10-6-8-12-17(15)21-19(23)25-4-2/h5-12H,3-4,13H2,1-2H3,(H,20,22)(H,21,23). The minimum Gasteiger partial charge on any atom is -0.450 e. The third-order valence-electron chi connectivity index (χ3n) is 3.44. The van der Waals surface area contributed by atoms with Gasteiger partial charge in [0.25, 0.3) is 0 Å². The third-order valence-corrected chi connectivity index (χ3v) is 3.44. The van der Waals surface area contributed by atoms with Crippen molar-refractivity contribution < 1.29 is 19.1 Å². The summed E-state index contributed by atoms with van der Waals surface area (Å²) in [6.45, 7) is 4.12. The van der Waals surface area contributed by atoms with Gasteiger partial charge in [0, 0.05) is 17.8 Å². The Morgan fingerprint density at radius 3 is 1.56 bits per heavy atom. The van der Waals surface area contributed by atoms with Gasteiger partial charge >= 0.3 is 12.2 Å². The van der Waals surface area contributed by atoms with E-state index in [-0.39, 0.29) is 0 Å². The molecule has 132 valence electrons. The van der Waals surface area contributed by atoms with E-state index in [4.69, 9.17) is 9.47 Å². The molecule has 0 saturated carbocycles. The smallest absolute Gasteiger partial charge is 0.411 e. The molecule has 2 amide bonds. The van der Waals surface area contributed by atoms with E-state index < -0.39 is 12.2 Å². The van der Waals surface area contributed by atoms with Gasteiger partial charge in [0.05, 0.1) is 13.2 Å². The maximum absolute atomic E-state index is 11.7. The van der Waals surface area contributed by atoms with E-state index >= 15 is 0 Å². The van der Waals surface area contributed by atoms with Crippen LogP contribution in [-0.4, -0.2) is 25.4 Å². The fraction of sp³-hybridized carbons (Fsp3) is 0.263. The summed E-state index contributed by atoms with van der Waals surface area (Å²) in [6.07, 6.45) is -0.453. The molecule has 0 bridgehead atoms. The fourth-order valence-electron chi connectivity index (χ4n) is 2.35. The number of carbonyl (C=O) groups is 2. The highest BCUT2D eigenvalue weighted by Gasteiger charge is 2.11. The van der Waals surface area contributed by atoms with Crippen molar-refractivity contribution in [1.82, 2.24) is 0 Å². The van der Waals surface area contributed by atoms with Gasteiger partial charge in [0.2, 0.25) is 0 Å². The van der Waals surface area contributed by atoms with E-state index in [1.807, 2.05) is 48.5 Å². The van der Waals surface area contributed by atoms with Crippen molar-refractivity contribution in [3.63, 3.8) is 0 Å². The summed E-state index contributed by atoms with van der Waals surface area (Å²) in [6, 6.07) is 14.9. The normalized spacial score (nSPS) is 10.0. The van der Waals surface area contributed by atoms with Crippen LogP contribution in [0.25, 0.3) is 0 Å². The van der Waals surface area contributed by atoms with Gasteiger partial charge < -0.3 is 9.47 Å². The Morgan fingerprint density at radius 2 is 1.16 bits per heavy atom. The van der Waals surface area contributed by atoms with E-state index in [0.29, 0.717) is 31.0 Å². The molecule has 6 heteroatoms. The molecule has 0 radical (unpaired) electrons. The first kappa shape index (κ1) is 18.3. The Balaban J connectivity index is 2.20. The van der Waals surface area contributed by atoms with Crippen LogP contribution in [0, 0.1) is 0 Å². The summed E-state index contributed by atoms with van der Waals surface area (Å²) < 4.78 is 9.86. The van der Waals surface area contributed by atoms with Gasteiger partial charge in [-0.3, -0.25) is 10.6 Å². The molecule has 0 aromatic heterocycles. The van der Waals surface area contributed by atoms with Crippen LogP contribution >= 0.6 is 0 Å². The van der Waals surface area contributed by atoms with E-state index in [1.165, 1.54) is 0 Å². The average Bonchev–Trinajstić information content (AvgIpc) is 2.59. The lowest BCUT2D eigenvalue weighted by atomic mass is 10.0. The van der Waals surface area contributed by atoms with Crippen molar-refractivity contribution in [1.29, 1.82) is 0 Å². The maximum Gasteiger partial charge on any atom is 0.411 e. The highest BCUT2D eigenvalue weighted by Crippen LogP contribution is 2.24. The van der Waals surface area contributed by atoms with Crippen LogP contribution in [0.5, 0.6) is 0 Å². The van der Waals surface area contributed by atoms with E-state index in [0.717, 1.165) is 11.1 Å². The minimum atomic E-state index is -0.493.